The van der Waals surface area contributed by atoms with Gasteiger partial charge >= 0.3 is 5.97 Å². The van der Waals surface area contributed by atoms with Gasteiger partial charge in [-0.1, -0.05) is 33.3 Å². The van der Waals surface area contributed by atoms with Crippen molar-refractivity contribution in [3.05, 3.63) is 11.6 Å². The van der Waals surface area contributed by atoms with Gasteiger partial charge in [-0.15, -0.1) is 0 Å². The number of amides is 2. The number of carbonyl (C=O) groups is 3. The van der Waals surface area contributed by atoms with Crippen LogP contribution in [0.5, 0.6) is 0 Å². The van der Waals surface area contributed by atoms with E-state index in [0.29, 0.717) is 12.8 Å². The summed E-state index contributed by atoms with van der Waals surface area (Å²) in [6.07, 6.45) is 3.42. The smallest absolute Gasteiger partial charge is 0.331 e. The van der Waals surface area contributed by atoms with E-state index in [4.69, 9.17) is 5.11 Å². The van der Waals surface area contributed by atoms with Crippen molar-refractivity contribution in [3.63, 3.8) is 0 Å². The van der Waals surface area contributed by atoms with Crippen molar-refractivity contribution in [2.24, 2.45) is 5.92 Å². The molecule has 0 aromatic rings. The summed E-state index contributed by atoms with van der Waals surface area (Å²) < 4.78 is 0. The lowest BCUT2D eigenvalue weighted by molar-refractivity contribution is -0.136. The molecule has 120 valence electrons. The van der Waals surface area contributed by atoms with E-state index in [0.717, 1.165) is 6.42 Å². The van der Waals surface area contributed by atoms with Crippen molar-refractivity contribution < 1.29 is 19.5 Å². The number of hydrogen-bond donors (Lipinski definition) is 2. The van der Waals surface area contributed by atoms with Crippen LogP contribution in [0, 0.1) is 5.92 Å². The molecule has 21 heavy (non-hydrogen) atoms. The maximum absolute atomic E-state index is 12.4. The van der Waals surface area contributed by atoms with Crippen molar-refractivity contribution in [2.45, 2.75) is 52.6 Å². The molecule has 2 amide bonds. The van der Waals surface area contributed by atoms with Crippen molar-refractivity contribution in [3.8, 4) is 0 Å². The first-order chi connectivity index (χ1) is 9.76. The molecule has 0 aliphatic heterocycles. The summed E-state index contributed by atoms with van der Waals surface area (Å²) in [6.45, 7) is 7.27. The van der Waals surface area contributed by atoms with Crippen LogP contribution in [-0.2, 0) is 14.4 Å². The van der Waals surface area contributed by atoms with Gasteiger partial charge in [0.1, 0.15) is 6.04 Å². The molecule has 0 bridgehead atoms. The fourth-order valence-corrected chi connectivity index (χ4v) is 2.12. The van der Waals surface area contributed by atoms with Gasteiger partial charge in [-0.2, -0.15) is 0 Å². The van der Waals surface area contributed by atoms with E-state index in [-0.39, 0.29) is 23.4 Å². The highest BCUT2D eigenvalue weighted by molar-refractivity contribution is 5.87. The zero-order valence-electron chi connectivity index (χ0n) is 13.4. The molecule has 2 atom stereocenters. The van der Waals surface area contributed by atoms with Crippen LogP contribution in [0.25, 0.3) is 0 Å². The first-order valence-electron chi connectivity index (χ1n) is 7.14. The molecule has 0 aromatic carbocycles. The Morgan fingerprint density at radius 3 is 2.29 bits per heavy atom. The number of carboxylic acid groups (broad SMARTS) is 1. The van der Waals surface area contributed by atoms with Gasteiger partial charge < -0.3 is 15.3 Å². The van der Waals surface area contributed by atoms with E-state index in [2.05, 4.69) is 5.32 Å². The van der Waals surface area contributed by atoms with Gasteiger partial charge in [0.05, 0.1) is 6.04 Å². The Labute approximate surface area is 126 Å². The third kappa shape index (κ3) is 5.97. The number of likely N-dealkylation sites (N-methyl/N-ethyl adjacent to an activating group) is 1. The SMILES string of the molecule is CCC[C@@H](NC=O)C(=O)N(C)C(/C=C(\C)C(=O)O)C(C)C. The molecular formula is C15H26N2O4. The molecule has 6 heteroatoms. The second kappa shape index (κ2) is 9.15. The number of hydrogen-bond acceptors (Lipinski definition) is 3. The monoisotopic (exact) mass is 298 g/mol. The Balaban J connectivity index is 5.23. The van der Waals surface area contributed by atoms with Gasteiger partial charge in [-0.25, -0.2) is 4.79 Å². The van der Waals surface area contributed by atoms with Crippen LogP contribution in [0.1, 0.15) is 40.5 Å². The summed E-state index contributed by atoms with van der Waals surface area (Å²) in [5.41, 5.74) is 0.198. The summed E-state index contributed by atoms with van der Waals surface area (Å²) in [5, 5.41) is 11.5. The molecule has 1 unspecified atom stereocenters. The summed E-state index contributed by atoms with van der Waals surface area (Å²) >= 11 is 0. The number of rotatable bonds is 9. The third-order valence-electron chi connectivity index (χ3n) is 3.38. The zero-order valence-corrected chi connectivity index (χ0v) is 13.4. The molecular weight excluding hydrogens is 272 g/mol. The molecule has 0 aliphatic carbocycles. The predicted octanol–water partition coefficient (Wildman–Crippen LogP) is 1.42. The average Bonchev–Trinajstić information content (AvgIpc) is 2.42. The number of aliphatic carboxylic acids is 1. The fraction of sp³-hybridized carbons (Fsp3) is 0.667. The maximum Gasteiger partial charge on any atom is 0.331 e. The van der Waals surface area contributed by atoms with Gasteiger partial charge in [0.25, 0.3) is 0 Å². The lowest BCUT2D eigenvalue weighted by atomic mass is 9.99. The average molecular weight is 298 g/mol. The first kappa shape index (κ1) is 19.1. The molecule has 0 saturated heterocycles. The maximum atomic E-state index is 12.4. The zero-order chi connectivity index (χ0) is 16.6. The largest absolute Gasteiger partial charge is 0.478 e. The Bertz CT molecular complexity index is 404. The molecule has 0 spiro atoms. The molecule has 0 heterocycles. The van der Waals surface area contributed by atoms with Gasteiger partial charge in [-0.3, -0.25) is 9.59 Å². The quantitative estimate of drug-likeness (QED) is 0.498. The molecule has 0 fully saturated rings. The van der Waals surface area contributed by atoms with Crippen LogP contribution < -0.4 is 5.32 Å². The Morgan fingerprint density at radius 1 is 1.33 bits per heavy atom. The normalized spacial score (nSPS) is 14.5. The van der Waals surface area contributed by atoms with Gasteiger partial charge in [0, 0.05) is 12.6 Å². The minimum atomic E-state index is -1.00. The summed E-state index contributed by atoms with van der Waals surface area (Å²) in [5.74, 6) is -1.15. The number of nitrogens with zero attached hydrogens (tertiary/aromatic N) is 1. The van der Waals surface area contributed by atoms with Gasteiger partial charge in [-0.05, 0) is 19.3 Å². The third-order valence-corrected chi connectivity index (χ3v) is 3.38. The predicted molar refractivity (Wildman–Crippen MR) is 80.7 cm³/mol. The van der Waals surface area contributed by atoms with Crippen LogP contribution in [0.4, 0.5) is 0 Å². The summed E-state index contributed by atoms with van der Waals surface area (Å²) in [4.78, 5) is 35.5. The minimum Gasteiger partial charge on any atom is -0.478 e. The standard InChI is InChI=1S/C15H26N2O4/c1-6-7-12(16-9-18)14(19)17(5)13(10(2)3)8-11(4)15(20)21/h8-10,12-13H,6-7H2,1-5H3,(H,16,18)(H,20,21)/b11-8+/t12-,13?/m1/s1. The lowest BCUT2D eigenvalue weighted by Gasteiger charge is -2.32. The van der Waals surface area contributed by atoms with Gasteiger partial charge in [0.15, 0.2) is 0 Å². The Hall–Kier alpha value is -1.85. The van der Waals surface area contributed by atoms with E-state index in [1.54, 1.807) is 13.1 Å². The van der Waals surface area contributed by atoms with E-state index in [9.17, 15) is 14.4 Å². The van der Waals surface area contributed by atoms with Crippen LogP contribution in [0.3, 0.4) is 0 Å². The van der Waals surface area contributed by atoms with Gasteiger partial charge in [0.2, 0.25) is 12.3 Å². The van der Waals surface area contributed by atoms with Crippen LogP contribution >= 0.6 is 0 Å². The first-order valence-corrected chi connectivity index (χ1v) is 7.14. The van der Waals surface area contributed by atoms with E-state index in [1.807, 2.05) is 20.8 Å². The molecule has 6 nitrogen and oxygen atoms in total. The summed E-state index contributed by atoms with van der Waals surface area (Å²) in [6, 6.07) is -0.904. The second-order valence-electron chi connectivity index (χ2n) is 5.46. The Kier molecular flexibility index (Phi) is 8.35. The molecule has 0 aromatic heterocycles. The van der Waals surface area contributed by atoms with Crippen molar-refractivity contribution in [1.29, 1.82) is 0 Å². The molecule has 0 radical (unpaired) electrons. The lowest BCUT2D eigenvalue weighted by Crippen LogP contribution is -2.49. The highest BCUT2D eigenvalue weighted by Gasteiger charge is 2.27. The van der Waals surface area contributed by atoms with E-state index < -0.39 is 12.0 Å². The fourth-order valence-electron chi connectivity index (χ4n) is 2.12. The number of nitrogens with one attached hydrogen (secondary N) is 1. The van der Waals surface area contributed by atoms with Crippen LogP contribution in [-0.4, -0.2) is 47.4 Å². The van der Waals surface area contributed by atoms with Crippen LogP contribution in [0.2, 0.25) is 0 Å². The Morgan fingerprint density at radius 2 is 1.90 bits per heavy atom. The molecule has 0 rings (SSSR count). The highest BCUT2D eigenvalue weighted by Crippen LogP contribution is 2.15. The van der Waals surface area contributed by atoms with Crippen molar-refractivity contribution in [2.75, 3.05) is 7.05 Å². The second-order valence-corrected chi connectivity index (χ2v) is 5.46. The summed E-state index contributed by atoms with van der Waals surface area (Å²) in [7, 11) is 1.63. The number of carboxylic acids is 1. The highest BCUT2D eigenvalue weighted by atomic mass is 16.4. The van der Waals surface area contributed by atoms with E-state index >= 15 is 0 Å². The molecule has 2 N–H and O–H groups in total. The topological polar surface area (TPSA) is 86.7 Å². The van der Waals surface area contributed by atoms with E-state index in [1.165, 1.54) is 11.8 Å². The van der Waals surface area contributed by atoms with Crippen molar-refractivity contribution >= 4 is 18.3 Å². The molecule has 0 aliphatic rings. The van der Waals surface area contributed by atoms with Crippen LogP contribution in [0.15, 0.2) is 11.6 Å². The number of carbonyl (C=O) groups excluding carboxylic acids is 2. The molecule has 0 saturated carbocycles. The minimum absolute atomic E-state index is 0.0618. The van der Waals surface area contributed by atoms with Crippen molar-refractivity contribution in [1.82, 2.24) is 10.2 Å².